The first-order valence-electron chi connectivity index (χ1n) is 13.2. The number of nitrogens with one attached hydrogen (secondary N) is 1. The highest BCUT2D eigenvalue weighted by Crippen LogP contribution is 2.33. The van der Waals surface area contributed by atoms with Crippen LogP contribution in [0.5, 0.6) is 11.8 Å². The fraction of sp³-hybridized carbons (Fsp3) is 0.500. The number of benzene rings is 1. The summed E-state index contributed by atoms with van der Waals surface area (Å²) in [5.74, 6) is 1.43. The van der Waals surface area contributed by atoms with Gasteiger partial charge < -0.3 is 19.4 Å². The maximum atomic E-state index is 15.3. The molecule has 1 N–H and O–H groups in total. The largest absolute Gasteiger partial charge is 0.421 e. The van der Waals surface area contributed by atoms with E-state index in [0.29, 0.717) is 30.1 Å². The molecule has 0 bridgehead atoms. The fourth-order valence-electron chi connectivity index (χ4n) is 4.87. The average Bonchev–Trinajstić information content (AvgIpc) is 3.68. The van der Waals surface area contributed by atoms with Crippen molar-refractivity contribution in [2.45, 2.75) is 33.1 Å². The van der Waals surface area contributed by atoms with Crippen molar-refractivity contribution in [3.8, 4) is 11.8 Å². The summed E-state index contributed by atoms with van der Waals surface area (Å²) >= 11 is 0. The number of fused-ring (bicyclic) bond motifs is 1. The van der Waals surface area contributed by atoms with Gasteiger partial charge in [0.2, 0.25) is 0 Å². The first-order valence-corrected chi connectivity index (χ1v) is 13.2. The molecule has 2 fully saturated rings. The second-order valence-electron chi connectivity index (χ2n) is 10.1. The van der Waals surface area contributed by atoms with Crippen LogP contribution in [0.15, 0.2) is 34.3 Å². The molecule has 1 saturated heterocycles. The predicted octanol–water partition coefficient (Wildman–Crippen LogP) is 4.93. The number of aromatic nitrogens is 3. The number of hydrogen-bond acceptors (Lipinski definition) is 8. The third-order valence-corrected chi connectivity index (χ3v) is 7.10. The number of aryl methyl sites for hydroxylation is 1. The summed E-state index contributed by atoms with van der Waals surface area (Å²) < 4.78 is 26.4. The minimum atomic E-state index is -0.443. The number of aromatic amines is 1. The molecule has 0 atom stereocenters. The zero-order valence-electron chi connectivity index (χ0n) is 22.6. The first kappa shape index (κ1) is 26.2. The average molecular weight is 522 g/mol. The van der Waals surface area contributed by atoms with E-state index >= 15 is 4.39 Å². The highest BCUT2D eigenvalue weighted by molar-refractivity contribution is 6.05. The molecule has 202 valence electrons. The lowest BCUT2D eigenvalue weighted by atomic mass is 10.1. The summed E-state index contributed by atoms with van der Waals surface area (Å²) in [4.78, 5) is 26.2. The van der Waals surface area contributed by atoms with E-state index in [4.69, 9.17) is 14.5 Å². The SMILES string of the molecule is CN=C(CC(C)=Nc1cc(N2CCN(CCOC)CC2)nc(Oc2ccc3[nH]c(C)cc3c2F)n1)C1CC1. The van der Waals surface area contributed by atoms with Gasteiger partial charge in [-0.05, 0) is 50.8 Å². The van der Waals surface area contributed by atoms with Crippen molar-refractivity contribution in [1.29, 1.82) is 0 Å². The number of nitrogens with zero attached hydrogens (tertiary/aromatic N) is 6. The molecule has 0 radical (unpaired) electrons. The summed E-state index contributed by atoms with van der Waals surface area (Å²) in [7, 11) is 3.57. The molecule has 0 spiro atoms. The van der Waals surface area contributed by atoms with E-state index in [0.717, 1.165) is 55.5 Å². The van der Waals surface area contributed by atoms with Gasteiger partial charge in [0.1, 0.15) is 5.82 Å². The molecular formula is C28H36FN7O2. The number of ether oxygens (including phenoxy) is 2. The molecule has 0 amide bonds. The number of halogens is 1. The van der Waals surface area contributed by atoms with Gasteiger partial charge in [0, 0.05) is 87.4 Å². The molecule has 1 saturated carbocycles. The Morgan fingerprint density at radius 1 is 1.16 bits per heavy atom. The fourth-order valence-corrected chi connectivity index (χ4v) is 4.87. The van der Waals surface area contributed by atoms with Crippen molar-refractivity contribution < 1.29 is 13.9 Å². The van der Waals surface area contributed by atoms with Crippen LogP contribution in [-0.4, -0.2) is 84.8 Å². The standard InChI is InChI=1S/C28H36FN7O2/c1-18-15-21-22(31-18)7-8-24(27(21)29)38-28-33-25(32-19(2)16-23(30-3)20-5-6-20)17-26(34-28)36-11-9-35(10-12-36)13-14-37-4/h7-8,15,17,20,31H,5-6,9-14,16H2,1-4H3. The summed E-state index contributed by atoms with van der Waals surface area (Å²) in [6, 6.07) is 7.13. The Morgan fingerprint density at radius 3 is 2.66 bits per heavy atom. The van der Waals surface area contributed by atoms with Gasteiger partial charge in [-0.3, -0.25) is 9.89 Å². The normalized spacial score (nSPS) is 17.4. The van der Waals surface area contributed by atoms with E-state index in [2.05, 4.69) is 29.7 Å². The van der Waals surface area contributed by atoms with Crippen LogP contribution >= 0.6 is 0 Å². The molecule has 10 heteroatoms. The van der Waals surface area contributed by atoms with Crippen LogP contribution in [0, 0.1) is 18.7 Å². The quantitative estimate of drug-likeness (QED) is 0.381. The first-order chi connectivity index (χ1) is 18.4. The molecule has 9 nitrogen and oxygen atoms in total. The van der Waals surface area contributed by atoms with Gasteiger partial charge in [-0.2, -0.15) is 9.97 Å². The monoisotopic (exact) mass is 521 g/mol. The van der Waals surface area contributed by atoms with Crippen LogP contribution in [-0.2, 0) is 4.74 Å². The molecule has 5 rings (SSSR count). The van der Waals surface area contributed by atoms with Crippen LogP contribution in [0.1, 0.15) is 31.9 Å². The molecule has 3 heterocycles. The van der Waals surface area contributed by atoms with E-state index in [1.807, 2.05) is 27.0 Å². The molecule has 0 unspecified atom stereocenters. The number of hydrogen-bond donors (Lipinski definition) is 1. The van der Waals surface area contributed by atoms with Crippen molar-refractivity contribution in [1.82, 2.24) is 19.9 Å². The molecule has 1 aliphatic carbocycles. The Labute approximate surface area is 222 Å². The van der Waals surface area contributed by atoms with Crippen molar-refractivity contribution >= 4 is 34.0 Å². The van der Waals surface area contributed by atoms with E-state index in [1.165, 1.54) is 18.6 Å². The number of methoxy groups -OCH3 is 1. The maximum Gasteiger partial charge on any atom is 0.326 e. The van der Waals surface area contributed by atoms with Gasteiger partial charge in [0.25, 0.3) is 0 Å². The molecule has 2 aromatic heterocycles. The van der Waals surface area contributed by atoms with Gasteiger partial charge in [0.15, 0.2) is 17.4 Å². The third-order valence-electron chi connectivity index (χ3n) is 7.10. The molecule has 2 aliphatic rings. The number of aliphatic imine (C=N–C) groups is 2. The van der Waals surface area contributed by atoms with Crippen molar-refractivity contribution in [2.75, 3.05) is 58.4 Å². The highest BCUT2D eigenvalue weighted by atomic mass is 19.1. The highest BCUT2D eigenvalue weighted by Gasteiger charge is 2.27. The molecule has 1 aliphatic heterocycles. The number of H-pyrrole nitrogens is 1. The zero-order valence-corrected chi connectivity index (χ0v) is 22.6. The van der Waals surface area contributed by atoms with Gasteiger partial charge >= 0.3 is 6.01 Å². The molecular weight excluding hydrogens is 485 g/mol. The minimum Gasteiger partial charge on any atom is -0.421 e. The van der Waals surface area contributed by atoms with Gasteiger partial charge in [-0.15, -0.1) is 0 Å². The van der Waals surface area contributed by atoms with Crippen molar-refractivity contribution in [3.05, 3.63) is 35.8 Å². The Kier molecular flexibility index (Phi) is 7.99. The van der Waals surface area contributed by atoms with Crippen LogP contribution in [0.4, 0.5) is 16.0 Å². The summed E-state index contributed by atoms with van der Waals surface area (Å²) in [6.07, 6.45) is 3.11. The molecule has 38 heavy (non-hydrogen) atoms. The van der Waals surface area contributed by atoms with E-state index in [9.17, 15) is 0 Å². The van der Waals surface area contributed by atoms with Gasteiger partial charge in [-0.1, -0.05) is 0 Å². The second-order valence-corrected chi connectivity index (χ2v) is 10.1. The van der Waals surface area contributed by atoms with Gasteiger partial charge in [0.05, 0.1) is 6.61 Å². The Morgan fingerprint density at radius 2 is 1.95 bits per heavy atom. The van der Waals surface area contributed by atoms with E-state index < -0.39 is 5.82 Å². The van der Waals surface area contributed by atoms with Crippen LogP contribution in [0.2, 0.25) is 0 Å². The second kappa shape index (κ2) is 11.6. The van der Waals surface area contributed by atoms with Crippen molar-refractivity contribution in [2.24, 2.45) is 15.9 Å². The lowest BCUT2D eigenvalue weighted by molar-refractivity contribution is 0.144. The summed E-state index contributed by atoms with van der Waals surface area (Å²) in [5.41, 5.74) is 3.71. The predicted molar refractivity (Wildman–Crippen MR) is 149 cm³/mol. The van der Waals surface area contributed by atoms with Crippen LogP contribution < -0.4 is 9.64 Å². The lowest BCUT2D eigenvalue weighted by Crippen LogP contribution is -2.47. The summed E-state index contributed by atoms with van der Waals surface area (Å²) in [6.45, 7) is 8.91. The minimum absolute atomic E-state index is 0.0768. The Balaban J connectivity index is 1.42. The van der Waals surface area contributed by atoms with Crippen LogP contribution in [0.25, 0.3) is 10.9 Å². The maximum absolute atomic E-state index is 15.3. The van der Waals surface area contributed by atoms with E-state index in [-0.39, 0.29) is 11.8 Å². The van der Waals surface area contributed by atoms with Crippen LogP contribution in [0.3, 0.4) is 0 Å². The number of anilines is 1. The number of rotatable bonds is 10. The Hall–Kier alpha value is -3.37. The number of piperazine rings is 1. The molecule has 1 aromatic carbocycles. The van der Waals surface area contributed by atoms with E-state index in [1.54, 1.807) is 25.3 Å². The smallest absolute Gasteiger partial charge is 0.326 e. The zero-order chi connectivity index (χ0) is 26.6. The lowest BCUT2D eigenvalue weighted by Gasteiger charge is -2.35. The van der Waals surface area contributed by atoms with Gasteiger partial charge in [-0.25, -0.2) is 9.38 Å². The topological polar surface area (TPSA) is 91.2 Å². The Bertz CT molecular complexity index is 1340. The molecule has 3 aromatic rings. The summed E-state index contributed by atoms with van der Waals surface area (Å²) in [5, 5.41) is 0.476. The third kappa shape index (κ3) is 6.19. The van der Waals surface area contributed by atoms with Crippen molar-refractivity contribution in [3.63, 3.8) is 0 Å².